The molecule has 2 atom stereocenters. The molecule has 0 unspecified atom stereocenters. The number of carbonyl (C=O) groups is 1. The van der Waals surface area contributed by atoms with E-state index in [0.717, 1.165) is 36.2 Å². The van der Waals surface area contributed by atoms with Gasteiger partial charge in [0.2, 0.25) is 11.7 Å². The number of amides is 1. The largest absolute Gasteiger partial charge is 0.338 e. The SMILES string of the molecule is Cc1sccc1C(=O)N1C[C@H]2CCC[C@@]2(c2nc(-c3cnccn3)no2)C1. The average Bonchev–Trinajstić information content (AvgIpc) is 3.44. The van der Waals surface area contributed by atoms with Gasteiger partial charge in [-0.2, -0.15) is 4.98 Å². The predicted molar refractivity (Wildman–Crippen MR) is 99.3 cm³/mol. The van der Waals surface area contributed by atoms with Gasteiger partial charge in [-0.15, -0.1) is 11.3 Å². The van der Waals surface area contributed by atoms with Gasteiger partial charge < -0.3 is 9.42 Å². The van der Waals surface area contributed by atoms with Crippen LogP contribution in [0.25, 0.3) is 11.5 Å². The maximum absolute atomic E-state index is 13.0. The number of thiophene rings is 1. The molecule has 7 nitrogen and oxygen atoms in total. The quantitative estimate of drug-likeness (QED) is 0.693. The Morgan fingerprint density at radius 1 is 1.41 bits per heavy atom. The van der Waals surface area contributed by atoms with E-state index in [1.807, 2.05) is 23.3 Å². The van der Waals surface area contributed by atoms with Crippen molar-refractivity contribution in [1.82, 2.24) is 25.0 Å². The van der Waals surface area contributed by atoms with Gasteiger partial charge in [0, 0.05) is 30.4 Å². The van der Waals surface area contributed by atoms with Crippen molar-refractivity contribution in [2.75, 3.05) is 13.1 Å². The molecule has 0 aromatic carbocycles. The zero-order valence-electron chi connectivity index (χ0n) is 15.0. The number of rotatable bonds is 3. The molecule has 0 N–H and O–H groups in total. The van der Waals surface area contributed by atoms with Crippen molar-refractivity contribution in [1.29, 1.82) is 0 Å². The summed E-state index contributed by atoms with van der Waals surface area (Å²) in [6.45, 7) is 3.38. The van der Waals surface area contributed by atoms with E-state index in [9.17, 15) is 4.79 Å². The Labute approximate surface area is 160 Å². The molecule has 1 saturated heterocycles. The Hall–Kier alpha value is -2.61. The molecular weight excluding hydrogens is 362 g/mol. The van der Waals surface area contributed by atoms with E-state index in [1.165, 1.54) is 0 Å². The Kier molecular flexibility index (Phi) is 3.82. The summed E-state index contributed by atoms with van der Waals surface area (Å²) in [5.41, 5.74) is 1.16. The average molecular weight is 381 g/mol. The first kappa shape index (κ1) is 16.6. The molecule has 0 spiro atoms. The summed E-state index contributed by atoms with van der Waals surface area (Å²) >= 11 is 1.61. The molecule has 1 aliphatic carbocycles. The van der Waals surface area contributed by atoms with Crippen LogP contribution in [0, 0.1) is 12.8 Å². The summed E-state index contributed by atoms with van der Waals surface area (Å²) in [6.07, 6.45) is 8.01. The second kappa shape index (κ2) is 6.23. The number of hydrogen-bond donors (Lipinski definition) is 0. The van der Waals surface area contributed by atoms with E-state index in [-0.39, 0.29) is 11.3 Å². The number of fused-ring (bicyclic) bond motifs is 1. The molecule has 5 rings (SSSR count). The number of aromatic nitrogens is 4. The van der Waals surface area contributed by atoms with Crippen LogP contribution < -0.4 is 0 Å². The van der Waals surface area contributed by atoms with Gasteiger partial charge in [-0.3, -0.25) is 9.78 Å². The van der Waals surface area contributed by atoms with E-state index in [1.54, 1.807) is 29.9 Å². The van der Waals surface area contributed by atoms with Crippen molar-refractivity contribution in [2.45, 2.75) is 31.6 Å². The van der Waals surface area contributed by atoms with Crippen LogP contribution in [0.15, 0.2) is 34.6 Å². The molecule has 1 saturated carbocycles. The highest BCUT2D eigenvalue weighted by Gasteiger charge is 2.55. The predicted octanol–water partition coefficient (Wildman–Crippen LogP) is 3.09. The van der Waals surface area contributed by atoms with Crippen LogP contribution in [0.3, 0.4) is 0 Å². The summed E-state index contributed by atoms with van der Waals surface area (Å²) in [6, 6.07) is 1.92. The van der Waals surface area contributed by atoms with Crippen molar-refractivity contribution < 1.29 is 9.32 Å². The lowest BCUT2D eigenvalue weighted by atomic mass is 9.80. The molecule has 138 valence electrons. The van der Waals surface area contributed by atoms with E-state index in [2.05, 4.69) is 20.1 Å². The smallest absolute Gasteiger partial charge is 0.255 e. The van der Waals surface area contributed by atoms with Gasteiger partial charge in [-0.25, -0.2) is 4.98 Å². The first-order valence-electron chi connectivity index (χ1n) is 9.11. The normalized spacial score (nSPS) is 24.3. The van der Waals surface area contributed by atoms with Crippen LogP contribution in [-0.2, 0) is 5.41 Å². The molecular formula is C19H19N5O2S. The van der Waals surface area contributed by atoms with Gasteiger partial charge in [0.25, 0.3) is 5.91 Å². The Balaban J connectivity index is 1.46. The fourth-order valence-corrected chi connectivity index (χ4v) is 5.21. The molecule has 1 aliphatic heterocycles. The molecule has 0 radical (unpaired) electrons. The first-order chi connectivity index (χ1) is 13.2. The lowest BCUT2D eigenvalue weighted by Gasteiger charge is -2.24. The van der Waals surface area contributed by atoms with Crippen LogP contribution in [-0.4, -0.2) is 44.0 Å². The van der Waals surface area contributed by atoms with Gasteiger partial charge in [-0.05, 0) is 37.1 Å². The highest BCUT2D eigenvalue weighted by Crippen LogP contribution is 2.50. The van der Waals surface area contributed by atoms with Crippen LogP contribution in [0.4, 0.5) is 0 Å². The third-order valence-corrected chi connectivity index (χ3v) is 6.74. The highest BCUT2D eigenvalue weighted by molar-refractivity contribution is 7.10. The Morgan fingerprint density at radius 2 is 2.33 bits per heavy atom. The Bertz CT molecular complexity index is 985. The zero-order chi connectivity index (χ0) is 18.4. The van der Waals surface area contributed by atoms with Crippen molar-refractivity contribution in [3.63, 3.8) is 0 Å². The second-order valence-electron chi connectivity index (χ2n) is 7.34. The van der Waals surface area contributed by atoms with E-state index in [0.29, 0.717) is 29.9 Å². The number of carbonyl (C=O) groups excluding carboxylic acids is 1. The molecule has 2 fully saturated rings. The van der Waals surface area contributed by atoms with Crippen molar-refractivity contribution in [2.24, 2.45) is 5.92 Å². The monoisotopic (exact) mass is 381 g/mol. The van der Waals surface area contributed by atoms with E-state index >= 15 is 0 Å². The molecule has 27 heavy (non-hydrogen) atoms. The fourth-order valence-electron chi connectivity index (χ4n) is 4.52. The summed E-state index contributed by atoms with van der Waals surface area (Å²) in [5.74, 6) is 1.55. The van der Waals surface area contributed by atoms with Gasteiger partial charge in [-0.1, -0.05) is 11.6 Å². The van der Waals surface area contributed by atoms with Crippen LogP contribution in [0.2, 0.25) is 0 Å². The summed E-state index contributed by atoms with van der Waals surface area (Å²) in [5, 5.41) is 6.10. The maximum atomic E-state index is 13.0. The standard InChI is InChI=1S/C19H19N5O2S/c1-12-14(4-8-27-12)17(25)24-10-13-3-2-5-19(13,11-24)18-22-16(23-26-18)15-9-20-6-7-21-15/h4,6-9,13H,2-3,5,10-11H2,1H3/t13-,19-/m1/s1. The molecule has 4 heterocycles. The van der Waals surface area contributed by atoms with Gasteiger partial charge in [0.15, 0.2) is 0 Å². The van der Waals surface area contributed by atoms with Crippen molar-refractivity contribution in [3.05, 3.63) is 46.4 Å². The lowest BCUT2D eigenvalue weighted by Crippen LogP contribution is -2.35. The summed E-state index contributed by atoms with van der Waals surface area (Å²) < 4.78 is 5.69. The molecule has 1 amide bonds. The van der Waals surface area contributed by atoms with Crippen molar-refractivity contribution in [3.8, 4) is 11.5 Å². The molecule has 0 bridgehead atoms. The van der Waals surface area contributed by atoms with Crippen LogP contribution in [0.5, 0.6) is 0 Å². The maximum Gasteiger partial charge on any atom is 0.255 e. The third kappa shape index (κ3) is 2.58. The molecule has 8 heteroatoms. The zero-order valence-corrected chi connectivity index (χ0v) is 15.8. The number of hydrogen-bond acceptors (Lipinski definition) is 7. The highest BCUT2D eigenvalue weighted by atomic mass is 32.1. The third-order valence-electron chi connectivity index (χ3n) is 5.89. The minimum Gasteiger partial charge on any atom is -0.338 e. The van der Waals surface area contributed by atoms with Crippen LogP contribution in [0.1, 0.15) is 40.4 Å². The van der Waals surface area contributed by atoms with Crippen LogP contribution >= 0.6 is 11.3 Å². The van der Waals surface area contributed by atoms with E-state index < -0.39 is 0 Å². The second-order valence-corrected chi connectivity index (χ2v) is 8.46. The molecule has 3 aromatic heterocycles. The number of likely N-dealkylation sites (tertiary alicyclic amines) is 1. The summed E-state index contributed by atoms with van der Waals surface area (Å²) in [4.78, 5) is 29.0. The van der Waals surface area contributed by atoms with Gasteiger partial charge in [0.05, 0.1) is 17.2 Å². The topological polar surface area (TPSA) is 85.0 Å². The first-order valence-corrected chi connectivity index (χ1v) is 9.99. The number of nitrogens with zero attached hydrogens (tertiary/aromatic N) is 5. The summed E-state index contributed by atoms with van der Waals surface area (Å²) in [7, 11) is 0. The van der Waals surface area contributed by atoms with E-state index in [4.69, 9.17) is 4.52 Å². The minimum absolute atomic E-state index is 0.108. The van der Waals surface area contributed by atoms with Gasteiger partial charge in [0.1, 0.15) is 5.69 Å². The Morgan fingerprint density at radius 3 is 3.11 bits per heavy atom. The molecule has 2 aliphatic rings. The fraction of sp³-hybridized carbons (Fsp3) is 0.421. The lowest BCUT2D eigenvalue weighted by molar-refractivity contribution is 0.0775. The van der Waals surface area contributed by atoms with Gasteiger partial charge >= 0.3 is 0 Å². The van der Waals surface area contributed by atoms with Crippen molar-refractivity contribution >= 4 is 17.2 Å². The number of aryl methyl sites for hydroxylation is 1. The molecule has 3 aromatic rings. The minimum atomic E-state index is -0.243.